The van der Waals surface area contributed by atoms with E-state index in [2.05, 4.69) is 34.5 Å². The van der Waals surface area contributed by atoms with Gasteiger partial charge in [0.2, 0.25) is 0 Å². The van der Waals surface area contributed by atoms with Gasteiger partial charge in [-0.3, -0.25) is 0 Å². The number of hydrogen-bond acceptors (Lipinski definition) is 3. The first-order valence-electron chi connectivity index (χ1n) is 7.66. The van der Waals surface area contributed by atoms with Crippen molar-refractivity contribution < 1.29 is 0 Å². The molecule has 1 saturated heterocycles. The molecule has 3 heterocycles. The van der Waals surface area contributed by atoms with Gasteiger partial charge in [0, 0.05) is 43.5 Å². The summed E-state index contributed by atoms with van der Waals surface area (Å²) in [6.07, 6.45) is 6.70. The normalized spacial score (nSPS) is 28.0. The summed E-state index contributed by atoms with van der Waals surface area (Å²) in [4.78, 5) is 7.23. The third kappa shape index (κ3) is 2.70. The number of aromatic nitrogens is 2. The predicted molar refractivity (Wildman–Crippen MR) is 77.0 cm³/mol. The van der Waals surface area contributed by atoms with Crippen molar-refractivity contribution >= 4 is 0 Å². The average Bonchev–Trinajstić information content (AvgIpc) is 2.98. The van der Waals surface area contributed by atoms with Crippen molar-refractivity contribution in [3.63, 3.8) is 0 Å². The third-order valence-electron chi connectivity index (χ3n) is 4.73. The van der Waals surface area contributed by atoms with Crippen LogP contribution in [0, 0.1) is 5.92 Å². The van der Waals surface area contributed by atoms with Gasteiger partial charge in [0.15, 0.2) is 0 Å². The summed E-state index contributed by atoms with van der Waals surface area (Å²) in [6.45, 7) is 8.02. The average molecular weight is 262 g/mol. The molecule has 0 spiro atoms. The summed E-state index contributed by atoms with van der Waals surface area (Å²) < 4.78 is 2.38. The molecule has 3 rings (SSSR count). The minimum absolute atomic E-state index is 0.316. The lowest BCUT2D eigenvalue weighted by atomic mass is 10.0. The predicted octanol–water partition coefficient (Wildman–Crippen LogP) is 1.43. The topological polar surface area (TPSA) is 47.1 Å². The molecule has 0 saturated carbocycles. The van der Waals surface area contributed by atoms with Gasteiger partial charge in [-0.05, 0) is 45.6 Å². The van der Waals surface area contributed by atoms with Crippen LogP contribution in [0.5, 0.6) is 0 Å². The molecule has 2 unspecified atom stereocenters. The fourth-order valence-corrected chi connectivity index (χ4v) is 3.45. The van der Waals surface area contributed by atoms with Crippen molar-refractivity contribution in [3.05, 3.63) is 17.7 Å². The molecule has 2 N–H and O–H groups in total. The standard InChI is InChI=1S/C15H26N4/c1-11(2)18-6-5-12(9-18)7-15-17-8-14-4-3-13(16)10-19(14)15/h8,11-13H,3-7,9-10,16H2,1-2H3. The van der Waals surface area contributed by atoms with Crippen molar-refractivity contribution in [2.24, 2.45) is 11.7 Å². The molecule has 0 aromatic carbocycles. The van der Waals surface area contributed by atoms with Gasteiger partial charge in [0.1, 0.15) is 5.82 Å². The summed E-state index contributed by atoms with van der Waals surface area (Å²) in [6, 6.07) is 0.990. The van der Waals surface area contributed by atoms with E-state index in [9.17, 15) is 0 Å². The largest absolute Gasteiger partial charge is 0.330 e. The quantitative estimate of drug-likeness (QED) is 0.896. The molecule has 0 bridgehead atoms. The number of aryl methyl sites for hydroxylation is 1. The zero-order valence-corrected chi connectivity index (χ0v) is 12.2. The van der Waals surface area contributed by atoms with Gasteiger partial charge in [0.05, 0.1) is 0 Å². The number of fused-ring (bicyclic) bond motifs is 1. The maximum absolute atomic E-state index is 6.09. The number of nitrogens with two attached hydrogens (primary N) is 1. The van der Waals surface area contributed by atoms with E-state index >= 15 is 0 Å². The van der Waals surface area contributed by atoms with Crippen LogP contribution in [0.2, 0.25) is 0 Å². The van der Waals surface area contributed by atoms with Crippen molar-refractivity contribution in [1.29, 1.82) is 0 Å². The van der Waals surface area contributed by atoms with E-state index < -0.39 is 0 Å². The first-order chi connectivity index (χ1) is 9.13. The van der Waals surface area contributed by atoms with E-state index in [1.54, 1.807) is 0 Å². The highest BCUT2D eigenvalue weighted by Crippen LogP contribution is 2.24. The Kier molecular flexibility index (Phi) is 3.63. The molecule has 2 atom stereocenters. The zero-order valence-electron chi connectivity index (χ0n) is 12.2. The Morgan fingerprint density at radius 2 is 2.21 bits per heavy atom. The number of nitrogens with zero attached hydrogens (tertiary/aromatic N) is 3. The SMILES string of the molecule is CC(C)N1CCC(Cc2ncc3n2CC(N)CC3)C1. The Hall–Kier alpha value is -0.870. The highest BCUT2D eigenvalue weighted by Gasteiger charge is 2.27. The summed E-state index contributed by atoms with van der Waals surface area (Å²) in [5.41, 5.74) is 7.48. The number of imidazole rings is 1. The van der Waals surface area contributed by atoms with Crippen LogP contribution >= 0.6 is 0 Å². The maximum atomic E-state index is 6.09. The third-order valence-corrected chi connectivity index (χ3v) is 4.73. The highest BCUT2D eigenvalue weighted by molar-refractivity contribution is 5.10. The van der Waals surface area contributed by atoms with Crippen molar-refractivity contribution in [2.75, 3.05) is 13.1 Å². The van der Waals surface area contributed by atoms with E-state index in [-0.39, 0.29) is 0 Å². The Labute approximate surface area is 116 Å². The summed E-state index contributed by atoms with van der Waals surface area (Å²) >= 11 is 0. The lowest BCUT2D eigenvalue weighted by molar-refractivity contribution is 0.264. The smallest absolute Gasteiger partial charge is 0.109 e. The molecule has 2 aliphatic heterocycles. The van der Waals surface area contributed by atoms with E-state index in [1.807, 2.05) is 0 Å². The fraction of sp³-hybridized carbons (Fsp3) is 0.800. The minimum Gasteiger partial charge on any atom is -0.330 e. The first-order valence-corrected chi connectivity index (χ1v) is 7.66. The Bertz CT molecular complexity index is 437. The molecular formula is C15H26N4. The molecule has 4 heteroatoms. The van der Waals surface area contributed by atoms with Crippen LogP contribution in [0.25, 0.3) is 0 Å². The Balaban J connectivity index is 1.66. The molecule has 2 aliphatic rings. The van der Waals surface area contributed by atoms with Gasteiger partial charge in [-0.25, -0.2) is 4.98 Å². The molecule has 19 heavy (non-hydrogen) atoms. The molecule has 0 aliphatic carbocycles. The first kappa shape index (κ1) is 13.1. The Morgan fingerprint density at radius 1 is 1.37 bits per heavy atom. The van der Waals surface area contributed by atoms with E-state index in [4.69, 9.17) is 5.73 Å². The summed E-state index contributed by atoms with van der Waals surface area (Å²) in [7, 11) is 0. The second-order valence-corrected chi connectivity index (χ2v) is 6.52. The number of hydrogen-bond donors (Lipinski definition) is 1. The van der Waals surface area contributed by atoms with Gasteiger partial charge in [0.25, 0.3) is 0 Å². The molecule has 0 amide bonds. The van der Waals surface area contributed by atoms with Crippen LogP contribution in [-0.4, -0.2) is 39.6 Å². The number of rotatable bonds is 3. The molecular weight excluding hydrogens is 236 g/mol. The lowest BCUT2D eigenvalue weighted by Gasteiger charge is -2.23. The summed E-state index contributed by atoms with van der Waals surface area (Å²) in [5, 5.41) is 0. The molecule has 1 fully saturated rings. The van der Waals surface area contributed by atoms with Crippen LogP contribution in [0.15, 0.2) is 6.20 Å². The zero-order chi connectivity index (χ0) is 13.4. The van der Waals surface area contributed by atoms with E-state index in [0.29, 0.717) is 12.1 Å². The van der Waals surface area contributed by atoms with E-state index in [0.717, 1.165) is 31.7 Å². The van der Waals surface area contributed by atoms with Crippen LogP contribution in [0.4, 0.5) is 0 Å². The highest BCUT2D eigenvalue weighted by atomic mass is 15.2. The Morgan fingerprint density at radius 3 is 2.95 bits per heavy atom. The maximum Gasteiger partial charge on any atom is 0.109 e. The monoisotopic (exact) mass is 262 g/mol. The summed E-state index contributed by atoms with van der Waals surface area (Å²) in [5.74, 6) is 2.04. The molecule has 1 aromatic heterocycles. The second kappa shape index (κ2) is 5.25. The van der Waals surface area contributed by atoms with Gasteiger partial charge in [-0.1, -0.05) is 0 Å². The molecule has 106 valence electrons. The van der Waals surface area contributed by atoms with Crippen LogP contribution in [0.3, 0.4) is 0 Å². The van der Waals surface area contributed by atoms with E-state index in [1.165, 1.54) is 31.0 Å². The molecule has 1 aromatic rings. The van der Waals surface area contributed by atoms with Crippen LogP contribution in [-0.2, 0) is 19.4 Å². The number of likely N-dealkylation sites (tertiary alicyclic amines) is 1. The second-order valence-electron chi connectivity index (χ2n) is 6.52. The van der Waals surface area contributed by atoms with Gasteiger partial charge in [-0.15, -0.1) is 0 Å². The van der Waals surface area contributed by atoms with Crippen molar-refractivity contribution in [3.8, 4) is 0 Å². The molecule has 4 nitrogen and oxygen atoms in total. The van der Waals surface area contributed by atoms with Gasteiger partial charge < -0.3 is 15.2 Å². The van der Waals surface area contributed by atoms with Crippen molar-refractivity contribution in [2.45, 2.75) is 58.2 Å². The van der Waals surface area contributed by atoms with Crippen LogP contribution in [0.1, 0.15) is 38.2 Å². The molecule has 0 radical (unpaired) electrons. The van der Waals surface area contributed by atoms with Gasteiger partial charge in [-0.2, -0.15) is 0 Å². The van der Waals surface area contributed by atoms with Gasteiger partial charge >= 0.3 is 0 Å². The fourth-order valence-electron chi connectivity index (χ4n) is 3.45. The lowest BCUT2D eigenvalue weighted by Crippen LogP contribution is -2.33. The van der Waals surface area contributed by atoms with Crippen LogP contribution < -0.4 is 5.73 Å². The minimum atomic E-state index is 0.316. The van der Waals surface area contributed by atoms with Crippen molar-refractivity contribution in [1.82, 2.24) is 14.5 Å².